The summed E-state index contributed by atoms with van der Waals surface area (Å²) in [5.41, 5.74) is 2.96. The number of aliphatic hydroxyl groups is 1. The minimum Gasteiger partial charge on any atom is -0.460 e. The molecule has 0 bridgehead atoms. The molecule has 1 aromatic heterocycles. The molecule has 3 atom stereocenters. The monoisotopic (exact) mass is 550 g/mol. The molecule has 3 aliphatic heterocycles. The lowest BCUT2D eigenvalue weighted by molar-refractivity contribution is -0.129. The van der Waals surface area contributed by atoms with Crippen molar-refractivity contribution in [2.75, 3.05) is 38.0 Å². The summed E-state index contributed by atoms with van der Waals surface area (Å²) >= 11 is 0. The van der Waals surface area contributed by atoms with Gasteiger partial charge in [-0.1, -0.05) is 31.2 Å². The van der Waals surface area contributed by atoms with E-state index in [9.17, 15) is 14.7 Å². The molecule has 0 saturated carbocycles. The van der Waals surface area contributed by atoms with Crippen molar-refractivity contribution in [2.45, 2.75) is 83.7 Å². The number of piperidine rings is 2. The largest absolute Gasteiger partial charge is 0.460 e. The number of aliphatic hydroxyl groups excluding tert-OH is 1. The normalized spacial score (nSPS) is 22.9. The lowest BCUT2D eigenvalue weighted by atomic mass is 9.94. The Morgan fingerprint density at radius 3 is 2.50 bits per heavy atom. The molecule has 40 heavy (non-hydrogen) atoms. The van der Waals surface area contributed by atoms with E-state index in [1.165, 1.54) is 11.1 Å². The highest BCUT2D eigenvalue weighted by molar-refractivity contribution is 5.93. The standard InChI is InChI=1S/C30H42N6O4/c1-4-20(2)40-30-32-25(17-28(33-30)31-24-10-14-34(15-11-24)21(3)37)29(39)36-16-12-26(27(38)19-36)35-13-9-22-7-5-6-8-23(22)18-35/h5-8,17,20,24,26-27,38H,4,9-16,18-19H2,1-3H3,(H,31,32,33)/t20?,26-,27-/m1/s1. The average Bonchev–Trinajstić information content (AvgIpc) is 2.96. The molecule has 216 valence electrons. The number of hydrogen-bond acceptors (Lipinski definition) is 8. The Kier molecular flexibility index (Phi) is 8.85. The molecule has 0 aliphatic carbocycles. The average molecular weight is 551 g/mol. The van der Waals surface area contributed by atoms with E-state index in [2.05, 4.69) is 44.5 Å². The maximum absolute atomic E-state index is 13.6. The molecule has 1 unspecified atom stereocenters. The summed E-state index contributed by atoms with van der Waals surface area (Å²) in [7, 11) is 0. The van der Waals surface area contributed by atoms with Gasteiger partial charge < -0.3 is 25.0 Å². The Bertz CT molecular complexity index is 1200. The van der Waals surface area contributed by atoms with Crippen molar-refractivity contribution in [3.63, 3.8) is 0 Å². The summed E-state index contributed by atoms with van der Waals surface area (Å²) < 4.78 is 5.92. The van der Waals surface area contributed by atoms with Gasteiger partial charge in [0.2, 0.25) is 5.91 Å². The van der Waals surface area contributed by atoms with Crippen LogP contribution in [0.5, 0.6) is 6.01 Å². The number of aromatic nitrogens is 2. The molecule has 5 rings (SSSR count). The summed E-state index contributed by atoms with van der Waals surface area (Å²) in [6, 6.07) is 10.5. The minimum absolute atomic E-state index is 0.0187. The number of benzene rings is 1. The van der Waals surface area contributed by atoms with Crippen LogP contribution in [0.1, 0.15) is 68.1 Å². The van der Waals surface area contributed by atoms with E-state index < -0.39 is 6.10 Å². The van der Waals surface area contributed by atoms with Gasteiger partial charge in [0.15, 0.2) is 0 Å². The molecule has 10 nitrogen and oxygen atoms in total. The van der Waals surface area contributed by atoms with Gasteiger partial charge in [-0.2, -0.15) is 9.97 Å². The zero-order chi connectivity index (χ0) is 28.2. The highest BCUT2D eigenvalue weighted by Crippen LogP contribution is 2.27. The molecule has 2 amide bonds. The first-order valence-electron chi connectivity index (χ1n) is 14.7. The van der Waals surface area contributed by atoms with E-state index in [0.29, 0.717) is 31.9 Å². The number of carbonyl (C=O) groups is 2. The Morgan fingerprint density at radius 2 is 1.80 bits per heavy atom. The zero-order valence-electron chi connectivity index (χ0n) is 23.9. The van der Waals surface area contributed by atoms with Gasteiger partial charge in [-0.05, 0) is 50.2 Å². The lowest BCUT2D eigenvalue weighted by Gasteiger charge is -2.43. The summed E-state index contributed by atoms with van der Waals surface area (Å²) in [5, 5.41) is 14.6. The van der Waals surface area contributed by atoms with E-state index in [0.717, 1.165) is 38.8 Å². The van der Waals surface area contributed by atoms with Crippen LogP contribution in [0, 0.1) is 0 Å². The number of carbonyl (C=O) groups excluding carboxylic acids is 2. The quantitative estimate of drug-likeness (QED) is 0.542. The van der Waals surface area contributed by atoms with Gasteiger partial charge in [0, 0.05) is 64.3 Å². The number of hydrogen-bond donors (Lipinski definition) is 2. The number of nitrogens with one attached hydrogen (secondary N) is 1. The molecule has 2 fully saturated rings. The molecule has 2 saturated heterocycles. The summed E-state index contributed by atoms with van der Waals surface area (Å²) in [4.78, 5) is 40.3. The smallest absolute Gasteiger partial charge is 0.319 e. The first kappa shape index (κ1) is 28.3. The predicted molar refractivity (Wildman–Crippen MR) is 152 cm³/mol. The third kappa shape index (κ3) is 6.55. The van der Waals surface area contributed by atoms with Crippen LogP contribution in [-0.2, 0) is 17.8 Å². The Morgan fingerprint density at radius 1 is 1.07 bits per heavy atom. The number of β-amino-alcohol motifs (C(OH)–C–C–N with tert-alkyl or cyclic N) is 1. The van der Waals surface area contributed by atoms with Crippen molar-refractivity contribution >= 4 is 17.6 Å². The van der Waals surface area contributed by atoms with Crippen LogP contribution in [0.2, 0.25) is 0 Å². The Labute approximate surface area is 236 Å². The number of ether oxygens (including phenoxy) is 1. The van der Waals surface area contributed by atoms with Crippen LogP contribution in [0.15, 0.2) is 30.3 Å². The maximum atomic E-state index is 13.6. The highest BCUT2D eigenvalue weighted by atomic mass is 16.5. The van der Waals surface area contributed by atoms with E-state index in [1.54, 1.807) is 17.9 Å². The third-order valence-corrected chi connectivity index (χ3v) is 8.56. The number of nitrogens with zero attached hydrogens (tertiary/aromatic N) is 5. The van der Waals surface area contributed by atoms with Crippen molar-refractivity contribution in [3.05, 3.63) is 47.2 Å². The summed E-state index contributed by atoms with van der Waals surface area (Å²) in [6.45, 7) is 9.50. The van der Waals surface area contributed by atoms with Gasteiger partial charge in [0.05, 0.1) is 12.2 Å². The number of amides is 2. The van der Waals surface area contributed by atoms with Crippen LogP contribution < -0.4 is 10.1 Å². The van der Waals surface area contributed by atoms with Gasteiger partial charge in [-0.3, -0.25) is 14.5 Å². The molecule has 2 N–H and O–H groups in total. The summed E-state index contributed by atoms with van der Waals surface area (Å²) in [6.07, 6.45) is 3.34. The van der Waals surface area contributed by atoms with Crippen LogP contribution in [0.25, 0.3) is 0 Å². The van der Waals surface area contributed by atoms with Crippen LogP contribution in [0.3, 0.4) is 0 Å². The lowest BCUT2D eigenvalue weighted by Crippen LogP contribution is -2.56. The first-order chi connectivity index (χ1) is 19.3. The fraction of sp³-hybridized carbons (Fsp3) is 0.600. The van der Waals surface area contributed by atoms with E-state index >= 15 is 0 Å². The second-order valence-corrected chi connectivity index (χ2v) is 11.3. The Balaban J connectivity index is 1.26. The molecule has 0 spiro atoms. The Hall–Kier alpha value is -3.24. The topological polar surface area (TPSA) is 111 Å². The molecule has 1 aromatic carbocycles. The fourth-order valence-corrected chi connectivity index (χ4v) is 5.96. The molecule has 2 aromatic rings. The van der Waals surface area contributed by atoms with Crippen molar-refractivity contribution < 1.29 is 19.4 Å². The van der Waals surface area contributed by atoms with Gasteiger partial charge in [0.1, 0.15) is 11.5 Å². The predicted octanol–water partition coefficient (Wildman–Crippen LogP) is 2.71. The molecule has 0 radical (unpaired) electrons. The van der Waals surface area contributed by atoms with Gasteiger partial charge >= 0.3 is 6.01 Å². The van der Waals surface area contributed by atoms with Gasteiger partial charge in [-0.15, -0.1) is 0 Å². The second kappa shape index (κ2) is 12.5. The van der Waals surface area contributed by atoms with E-state index in [1.807, 2.05) is 18.7 Å². The van der Waals surface area contributed by atoms with E-state index in [-0.39, 0.29) is 48.3 Å². The zero-order valence-corrected chi connectivity index (χ0v) is 23.9. The number of rotatable bonds is 7. The van der Waals surface area contributed by atoms with Crippen molar-refractivity contribution in [2.24, 2.45) is 0 Å². The maximum Gasteiger partial charge on any atom is 0.319 e. The molecule has 3 aliphatic rings. The van der Waals surface area contributed by atoms with Crippen LogP contribution >= 0.6 is 0 Å². The fourth-order valence-electron chi connectivity index (χ4n) is 5.96. The SMILES string of the molecule is CCC(C)Oc1nc(NC2CCN(C(C)=O)CC2)cc(C(=O)N2CC[C@@H](N3CCc4ccccc4C3)[C@H](O)C2)n1. The van der Waals surface area contributed by atoms with Crippen molar-refractivity contribution in [3.8, 4) is 6.01 Å². The van der Waals surface area contributed by atoms with Crippen LogP contribution in [0.4, 0.5) is 5.82 Å². The highest BCUT2D eigenvalue weighted by Gasteiger charge is 2.36. The summed E-state index contributed by atoms with van der Waals surface area (Å²) in [5.74, 6) is 0.404. The molecular weight excluding hydrogens is 508 g/mol. The van der Waals surface area contributed by atoms with Crippen molar-refractivity contribution in [1.29, 1.82) is 0 Å². The van der Waals surface area contributed by atoms with Gasteiger partial charge in [0.25, 0.3) is 5.91 Å². The molecule has 10 heteroatoms. The first-order valence-corrected chi connectivity index (χ1v) is 14.7. The molecule has 4 heterocycles. The number of fused-ring (bicyclic) bond motifs is 1. The van der Waals surface area contributed by atoms with Gasteiger partial charge in [-0.25, -0.2) is 0 Å². The number of anilines is 1. The van der Waals surface area contributed by atoms with Crippen LogP contribution in [-0.4, -0.2) is 98.6 Å². The van der Waals surface area contributed by atoms with Crippen molar-refractivity contribution in [1.82, 2.24) is 24.7 Å². The third-order valence-electron chi connectivity index (χ3n) is 8.56. The molecular formula is C30H42N6O4. The van der Waals surface area contributed by atoms with E-state index in [4.69, 9.17) is 4.74 Å². The second-order valence-electron chi connectivity index (χ2n) is 11.3. The minimum atomic E-state index is -0.635. The number of likely N-dealkylation sites (tertiary alicyclic amines) is 2.